The number of nitrogens with one attached hydrogen (secondary N) is 1. The van der Waals surface area contributed by atoms with Crippen LogP contribution in [0, 0.1) is 18.2 Å². The number of nitrogens with zero attached hydrogens (tertiary/aromatic N) is 1. The number of hydrogen-bond acceptors (Lipinski definition) is 2. The highest BCUT2D eigenvalue weighted by Crippen LogP contribution is 2.36. The van der Waals surface area contributed by atoms with E-state index in [1.165, 1.54) is 18.4 Å². The fourth-order valence-electron chi connectivity index (χ4n) is 3.36. The Hall–Kier alpha value is -0.640. The van der Waals surface area contributed by atoms with Crippen molar-refractivity contribution < 1.29 is 4.39 Å². The summed E-state index contributed by atoms with van der Waals surface area (Å²) in [4.78, 5) is 2.48. The third-order valence-electron chi connectivity index (χ3n) is 4.55. The fraction of sp³-hybridized carbons (Fsp3) is 0.600. The lowest BCUT2D eigenvalue weighted by Crippen LogP contribution is -2.29. The molecule has 0 radical (unpaired) electrons. The quantitative estimate of drug-likeness (QED) is 0.898. The van der Waals surface area contributed by atoms with Crippen LogP contribution in [0.4, 0.5) is 4.39 Å². The minimum absolute atomic E-state index is 0. The molecule has 0 saturated carbocycles. The molecule has 0 amide bonds. The first-order valence-corrected chi connectivity index (χ1v) is 6.85. The Morgan fingerprint density at radius 1 is 1.37 bits per heavy atom. The van der Waals surface area contributed by atoms with E-state index in [1.807, 2.05) is 6.07 Å². The predicted octanol–water partition coefficient (Wildman–Crippen LogP) is 2.74. The van der Waals surface area contributed by atoms with E-state index in [-0.39, 0.29) is 18.2 Å². The van der Waals surface area contributed by atoms with Gasteiger partial charge in [-0.25, -0.2) is 4.39 Å². The van der Waals surface area contributed by atoms with E-state index in [1.54, 1.807) is 12.1 Å². The van der Waals surface area contributed by atoms with E-state index in [0.717, 1.165) is 38.3 Å². The summed E-state index contributed by atoms with van der Waals surface area (Å²) in [5.74, 6) is -0.118. The molecule has 4 heteroatoms. The molecule has 1 atom stereocenters. The van der Waals surface area contributed by atoms with Crippen molar-refractivity contribution in [3.63, 3.8) is 0 Å². The van der Waals surface area contributed by atoms with E-state index >= 15 is 0 Å². The predicted molar refractivity (Wildman–Crippen MR) is 78.2 cm³/mol. The van der Waals surface area contributed by atoms with Gasteiger partial charge in [-0.15, -0.1) is 12.4 Å². The minimum atomic E-state index is -0.118. The molecular weight excluding hydrogens is 263 g/mol. The molecule has 0 aliphatic carbocycles. The van der Waals surface area contributed by atoms with Gasteiger partial charge < -0.3 is 5.32 Å². The molecule has 19 heavy (non-hydrogen) atoms. The van der Waals surface area contributed by atoms with Crippen LogP contribution < -0.4 is 5.32 Å². The summed E-state index contributed by atoms with van der Waals surface area (Å²) in [6.45, 7) is 7.59. The molecule has 2 nitrogen and oxygen atoms in total. The summed E-state index contributed by atoms with van der Waals surface area (Å²) in [7, 11) is 0. The van der Waals surface area contributed by atoms with Crippen molar-refractivity contribution in [1.82, 2.24) is 10.2 Å². The Morgan fingerprint density at radius 2 is 2.21 bits per heavy atom. The summed E-state index contributed by atoms with van der Waals surface area (Å²) >= 11 is 0. The second kappa shape index (κ2) is 5.78. The van der Waals surface area contributed by atoms with Crippen molar-refractivity contribution in [2.45, 2.75) is 26.3 Å². The van der Waals surface area contributed by atoms with Crippen molar-refractivity contribution in [2.24, 2.45) is 5.41 Å². The average Bonchev–Trinajstić information content (AvgIpc) is 2.95. The molecule has 106 valence electrons. The lowest BCUT2D eigenvalue weighted by Gasteiger charge is -2.23. The van der Waals surface area contributed by atoms with Crippen LogP contribution in [0.5, 0.6) is 0 Å². The van der Waals surface area contributed by atoms with Gasteiger partial charge in [-0.05, 0) is 61.5 Å². The molecule has 1 N–H and O–H groups in total. The molecule has 2 heterocycles. The number of halogens is 2. The summed E-state index contributed by atoms with van der Waals surface area (Å²) < 4.78 is 13.3. The summed E-state index contributed by atoms with van der Waals surface area (Å²) in [6, 6.07) is 5.12. The van der Waals surface area contributed by atoms with Crippen molar-refractivity contribution in [2.75, 3.05) is 26.2 Å². The van der Waals surface area contributed by atoms with E-state index < -0.39 is 0 Å². The van der Waals surface area contributed by atoms with Gasteiger partial charge in [0, 0.05) is 19.6 Å². The van der Waals surface area contributed by atoms with Crippen LogP contribution in [0.1, 0.15) is 24.0 Å². The lowest BCUT2D eigenvalue weighted by molar-refractivity contribution is 0.268. The maximum atomic E-state index is 13.3. The van der Waals surface area contributed by atoms with Gasteiger partial charge in [0.15, 0.2) is 0 Å². The van der Waals surface area contributed by atoms with Gasteiger partial charge in [0.1, 0.15) is 5.82 Å². The zero-order valence-corrected chi connectivity index (χ0v) is 12.2. The highest BCUT2D eigenvalue weighted by Gasteiger charge is 2.40. The average molecular weight is 285 g/mol. The normalized spacial score (nSPS) is 26.8. The molecule has 3 rings (SSSR count). The second-order valence-electron chi connectivity index (χ2n) is 5.96. The topological polar surface area (TPSA) is 15.3 Å². The van der Waals surface area contributed by atoms with Crippen LogP contribution in [-0.2, 0) is 6.54 Å². The Labute approximate surface area is 120 Å². The van der Waals surface area contributed by atoms with Gasteiger partial charge in [-0.1, -0.05) is 6.07 Å². The number of aryl methyl sites for hydroxylation is 1. The van der Waals surface area contributed by atoms with Crippen LogP contribution in [0.15, 0.2) is 18.2 Å². The fourth-order valence-corrected chi connectivity index (χ4v) is 3.36. The van der Waals surface area contributed by atoms with E-state index in [4.69, 9.17) is 0 Å². The standard InChI is InChI=1S/C15H21FN2.ClH/c1-12-2-3-14(16)8-13(12)9-18-7-5-15(11-18)4-6-17-10-15;/h2-3,8,17H,4-7,9-11H2,1H3;1H. The molecule has 1 aromatic carbocycles. The van der Waals surface area contributed by atoms with Crippen molar-refractivity contribution in [3.8, 4) is 0 Å². The van der Waals surface area contributed by atoms with Crippen LogP contribution in [0.25, 0.3) is 0 Å². The van der Waals surface area contributed by atoms with Crippen LogP contribution >= 0.6 is 12.4 Å². The zero-order valence-electron chi connectivity index (χ0n) is 11.4. The third-order valence-corrected chi connectivity index (χ3v) is 4.55. The van der Waals surface area contributed by atoms with Crippen LogP contribution in [-0.4, -0.2) is 31.1 Å². The van der Waals surface area contributed by atoms with E-state index in [9.17, 15) is 4.39 Å². The first kappa shape index (κ1) is 14.8. The first-order valence-electron chi connectivity index (χ1n) is 6.85. The molecule has 0 aromatic heterocycles. The molecule has 2 fully saturated rings. The number of rotatable bonds is 2. The molecular formula is C15H22ClFN2. The third kappa shape index (κ3) is 3.10. The highest BCUT2D eigenvalue weighted by atomic mass is 35.5. The maximum Gasteiger partial charge on any atom is 0.123 e. The molecule has 2 aliphatic heterocycles. The first-order chi connectivity index (χ1) is 8.67. The molecule has 2 saturated heterocycles. The number of likely N-dealkylation sites (tertiary alicyclic amines) is 1. The Balaban J connectivity index is 0.00000133. The minimum Gasteiger partial charge on any atom is -0.316 e. The van der Waals surface area contributed by atoms with Crippen molar-refractivity contribution >= 4 is 12.4 Å². The highest BCUT2D eigenvalue weighted by molar-refractivity contribution is 5.85. The SMILES string of the molecule is Cc1ccc(F)cc1CN1CCC2(CCNC2)C1.Cl. The van der Waals surface area contributed by atoms with Gasteiger partial charge in [0.25, 0.3) is 0 Å². The van der Waals surface area contributed by atoms with Gasteiger partial charge in [0.05, 0.1) is 0 Å². The lowest BCUT2D eigenvalue weighted by atomic mass is 9.86. The molecule has 2 aliphatic rings. The second-order valence-corrected chi connectivity index (χ2v) is 5.96. The summed E-state index contributed by atoms with van der Waals surface area (Å²) in [5, 5.41) is 3.47. The van der Waals surface area contributed by atoms with E-state index in [0.29, 0.717) is 5.41 Å². The Bertz CT molecular complexity index is 444. The Kier molecular flexibility index (Phi) is 4.49. The molecule has 1 spiro atoms. The van der Waals surface area contributed by atoms with Gasteiger partial charge in [-0.3, -0.25) is 4.90 Å². The van der Waals surface area contributed by atoms with Gasteiger partial charge in [0.2, 0.25) is 0 Å². The zero-order chi connectivity index (χ0) is 12.6. The monoisotopic (exact) mass is 284 g/mol. The van der Waals surface area contributed by atoms with Crippen molar-refractivity contribution in [1.29, 1.82) is 0 Å². The van der Waals surface area contributed by atoms with Crippen molar-refractivity contribution in [3.05, 3.63) is 35.1 Å². The smallest absolute Gasteiger partial charge is 0.123 e. The number of benzene rings is 1. The van der Waals surface area contributed by atoms with Gasteiger partial charge in [-0.2, -0.15) is 0 Å². The molecule has 0 bridgehead atoms. The summed E-state index contributed by atoms with van der Waals surface area (Å²) in [5.41, 5.74) is 2.83. The Morgan fingerprint density at radius 3 is 2.95 bits per heavy atom. The van der Waals surface area contributed by atoms with Crippen LogP contribution in [0.2, 0.25) is 0 Å². The molecule has 1 aromatic rings. The maximum absolute atomic E-state index is 13.3. The summed E-state index contributed by atoms with van der Waals surface area (Å²) in [6.07, 6.45) is 2.58. The molecule has 1 unspecified atom stereocenters. The largest absolute Gasteiger partial charge is 0.316 e. The van der Waals surface area contributed by atoms with E-state index in [2.05, 4.69) is 17.1 Å². The number of hydrogen-bond donors (Lipinski definition) is 1. The van der Waals surface area contributed by atoms with Gasteiger partial charge >= 0.3 is 0 Å². The van der Waals surface area contributed by atoms with Crippen LogP contribution in [0.3, 0.4) is 0 Å².